The maximum atomic E-state index is 13.3. The first-order valence-electron chi connectivity index (χ1n) is 10.8. The van der Waals surface area contributed by atoms with E-state index in [0.29, 0.717) is 27.8 Å². The van der Waals surface area contributed by atoms with Crippen molar-refractivity contribution in [1.82, 2.24) is 20.6 Å². The summed E-state index contributed by atoms with van der Waals surface area (Å²) in [6, 6.07) is 19.9. The van der Waals surface area contributed by atoms with Gasteiger partial charge in [-0.15, -0.1) is 5.10 Å². The molecule has 1 aliphatic carbocycles. The van der Waals surface area contributed by atoms with Gasteiger partial charge in [0.1, 0.15) is 0 Å². The van der Waals surface area contributed by atoms with Gasteiger partial charge in [0.25, 0.3) is 0 Å². The van der Waals surface area contributed by atoms with Crippen LogP contribution in [0, 0.1) is 0 Å². The van der Waals surface area contributed by atoms with Crippen molar-refractivity contribution in [3.63, 3.8) is 0 Å². The zero-order valence-corrected chi connectivity index (χ0v) is 20.2. The number of aromatic amines is 1. The first-order valence-corrected chi connectivity index (χ1v) is 13.0. The zero-order valence-electron chi connectivity index (χ0n) is 18.6. The van der Waals surface area contributed by atoms with Crippen LogP contribution in [0.4, 0.5) is 11.4 Å². The monoisotopic (exact) mass is 508 g/mol. The largest absolute Gasteiger partial charge is 0.325 e. The van der Waals surface area contributed by atoms with Gasteiger partial charge in [-0.05, 0) is 76.4 Å². The van der Waals surface area contributed by atoms with Crippen molar-refractivity contribution < 1.29 is 13.2 Å². The summed E-state index contributed by atoms with van der Waals surface area (Å²) < 4.78 is 25.4. The lowest BCUT2D eigenvalue weighted by Gasteiger charge is -2.17. The Morgan fingerprint density at radius 2 is 1.74 bits per heavy atom. The maximum Gasteiger partial charge on any atom is 0.235 e. The van der Waals surface area contributed by atoms with Gasteiger partial charge < -0.3 is 5.32 Å². The summed E-state index contributed by atoms with van der Waals surface area (Å²) in [7, 11) is -3.37. The third kappa shape index (κ3) is 4.89. The van der Waals surface area contributed by atoms with Gasteiger partial charge in [0.05, 0.1) is 11.7 Å². The molecule has 3 aromatic carbocycles. The molecule has 1 amide bonds. The first-order chi connectivity index (χ1) is 16.7. The minimum absolute atomic E-state index is 0.0923. The van der Waals surface area contributed by atoms with Crippen LogP contribution in [0.2, 0.25) is 5.02 Å². The van der Waals surface area contributed by atoms with Gasteiger partial charge in [-0.3, -0.25) is 9.52 Å². The van der Waals surface area contributed by atoms with Crippen LogP contribution in [0.5, 0.6) is 0 Å². The lowest BCUT2D eigenvalue weighted by molar-refractivity contribution is -0.118. The summed E-state index contributed by atoms with van der Waals surface area (Å²) in [5.74, 6) is 0.343. The number of carbonyl (C=O) groups excluding carboxylic acids is 1. The fraction of sp³-hybridized carbons (Fsp3) is 0.167. The van der Waals surface area contributed by atoms with Gasteiger partial charge in [0.15, 0.2) is 5.82 Å². The zero-order chi connectivity index (χ0) is 24.6. The van der Waals surface area contributed by atoms with E-state index >= 15 is 0 Å². The molecule has 3 N–H and O–H groups in total. The van der Waals surface area contributed by atoms with Gasteiger partial charge in [0.2, 0.25) is 15.9 Å². The van der Waals surface area contributed by atoms with E-state index in [4.69, 9.17) is 11.6 Å². The minimum Gasteiger partial charge on any atom is -0.325 e. The standard InChI is InChI=1S/C24H21ClN6O3S/c1-35(33,34)29-18-7-5-15(6-8-18)20-10-9-19(14-21(20)22-27-30-31-28-22)26-23(32)24(11-12-24)16-3-2-4-17(25)13-16/h2-10,13-14,29H,11-12H2,1H3,(H,26,32)(H,27,28,30,31). The van der Waals surface area contributed by atoms with E-state index in [1.54, 1.807) is 30.3 Å². The molecule has 1 aliphatic rings. The van der Waals surface area contributed by atoms with Crippen LogP contribution in [0.25, 0.3) is 22.5 Å². The Kier molecular flexibility index (Phi) is 5.78. The van der Waals surface area contributed by atoms with Crippen LogP contribution < -0.4 is 10.0 Å². The van der Waals surface area contributed by atoms with E-state index in [-0.39, 0.29) is 5.91 Å². The SMILES string of the molecule is CS(=O)(=O)Nc1ccc(-c2ccc(NC(=O)C3(c4cccc(Cl)c4)CC3)cc2-c2nnn[nH]2)cc1. The Labute approximate surface area is 207 Å². The van der Waals surface area contributed by atoms with Gasteiger partial charge in [-0.2, -0.15) is 0 Å². The molecule has 1 saturated carbocycles. The molecule has 0 saturated heterocycles. The molecule has 178 valence electrons. The molecule has 1 fully saturated rings. The number of tetrazole rings is 1. The molecular weight excluding hydrogens is 488 g/mol. The molecule has 1 heterocycles. The van der Waals surface area contributed by atoms with Crippen LogP contribution in [0.15, 0.2) is 66.7 Å². The molecule has 11 heteroatoms. The van der Waals surface area contributed by atoms with Crippen molar-refractivity contribution in [3.8, 4) is 22.5 Å². The van der Waals surface area contributed by atoms with E-state index in [0.717, 1.165) is 35.8 Å². The van der Waals surface area contributed by atoms with Crippen molar-refractivity contribution in [1.29, 1.82) is 0 Å². The van der Waals surface area contributed by atoms with Gasteiger partial charge in [-0.25, -0.2) is 13.5 Å². The van der Waals surface area contributed by atoms with Gasteiger partial charge >= 0.3 is 0 Å². The number of nitrogens with one attached hydrogen (secondary N) is 3. The highest BCUT2D eigenvalue weighted by Crippen LogP contribution is 2.49. The molecular formula is C24H21ClN6O3S. The highest BCUT2D eigenvalue weighted by atomic mass is 35.5. The number of carbonyl (C=O) groups is 1. The summed E-state index contributed by atoms with van der Waals surface area (Å²) in [4.78, 5) is 13.3. The van der Waals surface area contributed by atoms with Crippen molar-refractivity contribution in [2.24, 2.45) is 0 Å². The number of hydrogen-bond acceptors (Lipinski definition) is 6. The summed E-state index contributed by atoms with van der Waals surface area (Å²) in [6.45, 7) is 0. The van der Waals surface area contributed by atoms with Gasteiger partial charge in [-0.1, -0.05) is 41.9 Å². The third-order valence-electron chi connectivity index (χ3n) is 5.94. The van der Waals surface area contributed by atoms with E-state index in [2.05, 4.69) is 30.7 Å². The predicted octanol–water partition coefficient (Wildman–Crippen LogP) is 4.23. The van der Waals surface area contributed by atoms with E-state index < -0.39 is 15.4 Å². The molecule has 35 heavy (non-hydrogen) atoms. The first kappa shape index (κ1) is 23.0. The predicted molar refractivity (Wildman–Crippen MR) is 135 cm³/mol. The minimum atomic E-state index is -3.37. The number of rotatable bonds is 7. The van der Waals surface area contributed by atoms with Crippen molar-refractivity contribution >= 4 is 38.9 Å². The maximum absolute atomic E-state index is 13.3. The molecule has 0 spiro atoms. The summed E-state index contributed by atoms with van der Waals surface area (Å²) in [5.41, 5.74) is 3.70. The molecule has 0 aliphatic heterocycles. The fourth-order valence-electron chi connectivity index (χ4n) is 4.08. The van der Waals surface area contributed by atoms with E-state index in [1.165, 1.54) is 0 Å². The molecule has 0 bridgehead atoms. The van der Waals surface area contributed by atoms with E-state index in [9.17, 15) is 13.2 Å². The fourth-order valence-corrected chi connectivity index (χ4v) is 4.84. The van der Waals surface area contributed by atoms with Crippen molar-refractivity contribution in [2.45, 2.75) is 18.3 Å². The lowest BCUT2D eigenvalue weighted by Crippen LogP contribution is -2.27. The smallest absolute Gasteiger partial charge is 0.235 e. The molecule has 9 nitrogen and oxygen atoms in total. The Hall–Kier alpha value is -3.76. The van der Waals surface area contributed by atoms with Crippen LogP contribution in [0.3, 0.4) is 0 Å². The number of aromatic nitrogens is 4. The van der Waals surface area contributed by atoms with Crippen molar-refractivity contribution in [3.05, 3.63) is 77.3 Å². The number of amides is 1. The Bertz CT molecular complexity index is 1500. The third-order valence-corrected chi connectivity index (χ3v) is 6.78. The van der Waals surface area contributed by atoms with Crippen LogP contribution >= 0.6 is 11.6 Å². The summed E-state index contributed by atoms with van der Waals surface area (Å²) >= 11 is 6.15. The number of anilines is 2. The Morgan fingerprint density at radius 3 is 2.37 bits per heavy atom. The van der Waals surface area contributed by atoms with Crippen LogP contribution in [-0.2, 0) is 20.2 Å². The number of nitrogens with zero attached hydrogens (tertiary/aromatic N) is 3. The number of sulfonamides is 1. The lowest BCUT2D eigenvalue weighted by atomic mass is 9.94. The number of benzene rings is 3. The molecule has 4 aromatic rings. The molecule has 0 unspecified atom stereocenters. The van der Waals surface area contributed by atoms with E-state index in [1.807, 2.05) is 36.4 Å². The van der Waals surface area contributed by atoms with Gasteiger partial charge in [0, 0.05) is 22.0 Å². The molecule has 0 radical (unpaired) electrons. The van der Waals surface area contributed by atoms with Crippen molar-refractivity contribution in [2.75, 3.05) is 16.3 Å². The summed E-state index contributed by atoms with van der Waals surface area (Å²) in [5, 5.41) is 17.8. The molecule has 0 atom stereocenters. The second-order valence-corrected chi connectivity index (χ2v) is 10.7. The highest BCUT2D eigenvalue weighted by Gasteiger charge is 2.51. The topological polar surface area (TPSA) is 130 Å². The van der Waals surface area contributed by atoms with Crippen LogP contribution in [-0.4, -0.2) is 41.2 Å². The highest BCUT2D eigenvalue weighted by molar-refractivity contribution is 7.92. The number of halogens is 1. The average Bonchev–Trinajstić information content (AvgIpc) is 3.46. The Balaban J connectivity index is 1.45. The summed E-state index contributed by atoms with van der Waals surface area (Å²) in [6.07, 6.45) is 2.61. The molecule has 5 rings (SSSR count). The molecule has 1 aromatic heterocycles. The number of hydrogen-bond donors (Lipinski definition) is 3. The number of H-pyrrole nitrogens is 1. The second-order valence-electron chi connectivity index (χ2n) is 8.51. The average molecular weight is 509 g/mol. The van der Waals surface area contributed by atoms with Crippen LogP contribution in [0.1, 0.15) is 18.4 Å². The second kappa shape index (κ2) is 8.79. The quantitative estimate of drug-likeness (QED) is 0.342. The normalized spacial score (nSPS) is 14.3. The Morgan fingerprint density at radius 1 is 1.00 bits per heavy atom.